The molecule has 22 heavy (non-hydrogen) atoms. The summed E-state index contributed by atoms with van der Waals surface area (Å²) in [4.78, 5) is 25.2. The average molecular weight is 440 g/mol. The van der Waals surface area contributed by atoms with Crippen LogP contribution in [0.2, 0.25) is 0 Å². The molecule has 0 saturated carbocycles. The second-order valence-electron chi connectivity index (χ2n) is 4.43. The van der Waals surface area contributed by atoms with Gasteiger partial charge in [-0.25, -0.2) is 0 Å². The van der Waals surface area contributed by atoms with Crippen molar-refractivity contribution < 1.29 is 9.59 Å². The van der Waals surface area contributed by atoms with E-state index in [9.17, 15) is 9.59 Å². The molecular weight excluding hydrogens is 428 g/mol. The highest BCUT2D eigenvalue weighted by molar-refractivity contribution is 9.10. The van der Waals surface area contributed by atoms with Crippen LogP contribution in [0, 0.1) is 0 Å². The van der Waals surface area contributed by atoms with Crippen LogP contribution in [0.5, 0.6) is 0 Å². The fourth-order valence-corrected chi connectivity index (χ4v) is 3.16. The Kier molecular flexibility index (Phi) is 6.17. The van der Waals surface area contributed by atoms with Gasteiger partial charge in [0.15, 0.2) is 11.6 Å². The monoisotopic (exact) mass is 438 g/mol. The van der Waals surface area contributed by atoms with Crippen molar-refractivity contribution in [3.05, 3.63) is 79.6 Å². The normalized spacial score (nSPS) is 11.3. The van der Waals surface area contributed by atoms with E-state index in [1.165, 1.54) is 17.8 Å². The van der Waals surface area contributed by atoms with E-state index >= 15 is 0 Å². The lowest BCUT2D eigenvalue weighted by atomic mass is 10.1. The van der Waals surface area contributed by atoms with E-state index in [-0.39, 0.29) is 11.6 Å². The number of rotatable bonds is 5. The minimum atomic E-state index is -0.186. The summed E-state index contributed by atoms with van der Waals surface area (Å²) >= 11 is 7.95. The van der Waals surface area contributed by atoms with Gasteiger partial charge in [0.05, 0.1) is 4.91 Å². The van der Waals surface area contributed by atoms with E-state index in [4.69, 9.17) is 0 Å². The van der Waals surface area contributed by atoms with Crippen molar-refractivity contribution in [1.29, 1.82) is 0 Å². The van der Waals surface area contributed by atoms with Gasteiger partial charge in [-0.15, -0.1) is 11.8 Å². The molecule has 2 rings (SSSR count). The van der Waals surface area contributed by atoms with Crippen molar-refractivity contribution in [2.75, 3.05) is 6.26 Å². The second kappa shape index (κ2) is 7.90. The van der Waals surface area contributed by atoms with Crippen molar-refractivity contribution in [2.24, 2.45) is 0 Å². The Morgan fingerprint density at radius 2 is 1.50 bits per heavy atom. The third kappa shape index (κ3) is 4.41. The predicted molar refractivity (Wildman–Crippen MR) is 98.5 cm³/mol. The summed E-state index contributed by atoms with van der Waals surface area (Å²) < 4.78 is 1.66. The van der Waals surface area contributed by atoms with Gasteiger partial charge in [0.25, 0.3) is 0 Å². The number of carbonyl (C=O) groups is 2. The Bertz CT molecular complexity index is 754. The Morgan fingerprint density at radius 1 is 0.955 bits per heavy atom. The molecule has 0 aromatic heterocycles. The van der Waals surface area contributed by atoms with E-state index in [0.29, 0.717) is 16.0 Å². The molecule has 2 aromatic carbocycles. The van der Waals surface area contributed by atoms with Crippen LogP contribution in [0.15, 0.2) is 68.5 Å². The zero-order chi connectivity index (χ0) is 16.1. The molecule has 0 aliphatic rings. The molecule has 0 fully saturated rings. The summed E-state index contributed by atoms with van der Waals surface area (Å²) in [5.41, 5.74) is 1.10. The quantitative estimate of drug-likeness (QED) is 0.454. The molecule has 0 amide bonds. The number of halogens is 2. The fraction of sp³-hybridized carbons (Fsp3) is 0.0588. The van der Waals surface area contributed by atoms with Crippen molar-refractivity contribution in [3.63, 3.8) is 0 Å². The number of allylic oxidation sites excluding steroid dienone is 2. The maximum atomic E-state index is 12.5. The van der Waals surface area contributed by atoms with Crippen LogP contribution in [0.25, 0.3) is 0 Å². The standard InChI is InChI=1S/C17H12Br2O2S/c1-22-16(17(21)12-5-3-7-14(19)9-12)10-15(20)11-4-2-6-13(18)8-11/h2-10H,1H3/b16-10-. The number of Topliss-reactive ketones (excluding diaryl/α,β-unsaturated/α-hetero) is 1. The summed E-state index contributed by atoms with van der Waals surface area (Å²) in [6, 6.07) is 14.2. The number of benzene rings is 2. The summed E-state index contributed by atoms with van der Waals surface area (Å²) in [7, 11) is 0. The summed E-state index contributed by atoms with van der Waals surface area (Å²) in [6.07, 6.45) is 3.19. The molecule has 0 atom stereocenters. The molecule has 2 nitrogen and oxygen atoms in total. The highest BCUT2D eigenvalue weighted by atomic mass is 79.9. The highest BCUT2D eigenvalue weighted by Gasteiger charge is 2.14. The molecule has 0 aliphatic carbocycles. The van der Waals surface area contributed by atoms with Crippen LogP contribution in [0.3, 0.4) is 0 Å². The summed E-state index contributed by atoms with van der Waals surface area (Å²) in [5.74, 6) is -0.342. The fourth-order valence-electron chi connectivity index (χ4n) is 1.83. The van der Waals surface area contributed by atoms with Crippen molar-refractivity contribution in [1.82, 2.24) is 0 Å². The smallest absolute Gasteiger partial charge is 0.199 e. The first-order chi connectivity index (χ1) is 10.5. The zero-order valence-electron chi connectivity index (χ0n) is 11.7. The Morgan fingerprint density at radius 3 is 2.05 bits per heavy atom. The minimum Gasteiger partial charge on any atom is -0.289 e. The lowest BCUT2D eigenvalue weighted by molar-refractivity contribution is 0.101. The van der Waals surface area contributed by atoms with Gasteiger partial charge < -0.3 is 0 Å². The molecule has 0 heterocycles. The third-order valence-electron chi connectivity index (χ3n) is 2.90. The van der Waals surface area contributed by atoms with Gasteiger partial charge in [0, 0.05) is 26.1 Å². The molecule has 0 bridgehead atoms. The molecule has 0 spiro atoms. The van der Waals surface area contributed by atoms with E-state index in [2.05, 4.69) is 31.9 Å². The minimum absolute atomic E-state index is 0.155. The Labute approximate surface area is 150 Å². The predicted octanol–water partition coefficient (Wildman–Crippen LogP) is 5.52. The van der Waals surface area contributed by atoms with Gasteiger partial charge in [-0.1, -0.05) is 56.1 Å². The molecule has 0 unspecified atom stereocenters. The zero-order valence-corrected chi connectivity index (χ0v) is 15.7. The Hall–Kier alpha value is -1.17. The first-order valence-electron chi connectivity index (χ1n) is 6.37. The lowest BCUT2D eigenvalue weighted by Crippen LogP contribution is -2.04. The first-order valence-corrected chi connectivity index (χ1v) is 9.18. The van der Waals surface area contributed by atoms with Crippen LogP contribution in [0.4, 0.5) is 0 Å². The maximum Gasteiger partial charge on any atom is 0.199 e. The molecule has 0 saturated heterocycles. The molecule has 0 radical (unpaired) electrons. The summed E-state index contributed by atoms with van der Waals surface area (Å²) in [5, 5.41) is 0. The number of hydrogen-bond acceptors (Lipinski definition) is 3. The van der Waals surface area contributed by atoms with Crippen LogP contribution in [-0.2, 0) is 0 Å². The SMILES string of the molecule is CS/C(=C\C(=O)c1cccc(Br)c1)C(=O)c1cccc(Br)c1. The number of thioether (sulfide) groups is 1. The molecule has 0 aliphatic heterocycles. The van der Waals surface area contributed by atoms with Crippen LogP contribution in [0.1, 0.15) is 20.7 Å². The van der Waals surface area contributed by atoms with Crippen LogP contribution in [-0.4, -0.2) is 17.8 Å². The van der Waals surface area contributed by atoms with Gasteiger partial charge in [-0.3, -0.25) is 9.59 Å². The van der Waals surface area contributed by atoms with E-state index in [1.54, 1.807) is 42.7 Å². The number of ketones is 2. The average Bonchev–Trinajstić information content (AvgIpc) is 2.51. The summed E-state index contributed by atoms with van der Waals surface area (Å²) in [6.45, 7) is 0. The highest BCUT2D eigenvalue weighted by Crippen LogP contribution is 2.22. The second-order valence-corrected chi connectivity index (χ2v) is 7.11. The molecule has 112 valence electrons. The van der Waals surface area contributed by atoms with E-state index in [0.717, 1.165) is 8.95 Å². The number of carbonyl (C=O) groups excluding carboxylic acids is 2. The first kappa shape index (κ1) is 17.2. The van der Waals surface area contributed by atoms with Gasteiger partial charge in [-0.2, -0.15) is 0 Å². The van der Waals surface area contributed by atoms with Gasteiger partial charge in [0.1, 0.15) is 0 Å². The third-order valence-corrected chi connectivity index (χ3v) is 4.63. The van der Waals surface area contributed by atoms with E-state index < -0.39 is 0 Å². The van der Waals surface area contributed by atoms with Crippen LogP contribution >= 0.6 is 43.6 Å². The van der Waals surface area contributed by atoms with Crippen molar-refractivity contribution in [2.45, 2.75) is 0 Å². The molecule has 5 heteroatoms. The maximum absolute atomic E-state index is 12.5. The Balaban J connectivity index is 2.31. The molecule has 0 N–H and O–H groups in total. The number of hydrogen-bond donors (Lipinski definition) is 0. The van der Waals surface area contributed by atoms with Crippen molar-refractivity contribution >= 4 is 55.2 Å². The van der Waals surface area contributed by atoms with Crippen molar-refractivity contribution in [3.8, 4) is 0 Å². The van der Waals surface area contributed by atoms with Gasteiger partial charge in [0.2, 0.25) is 0 Å². The topological polar surface area (TPSA) is 34.1 Å². The molecular formula is C17H12Br2O2S. The van der Waals surface area contributed by atoms with E-state index in [1.807, 2.05) is 12.1 Å². The van der Waals surface area contributed by atoms with Gasteiger partial charge >= 0.3 is 0 Å². The molecule has 2 aromatic rings. The lowest BCUT2D eigenvalue weighted by Gasteiger charge is -2.04. The van der Waals surface area contributed by atoms with Crippen LogP contribution < -0.4 is 0 Å². The van der Waals surface area contributed by atoms with Gasteiger partial charge in [-0.05, 0) is 30.5 Å². The largest absolute Gasteiger partial charge is 0.289 e.